The molecule has 5 heteroatoms. The van der Waals surface area contributed by atoms with Gasteiger partial charge in [0.05, 0.1) is 14.2 Å². The monoisotopic (exact) mass is 337 g/mol. The van der Waals surface area contributed by atoms with Gasteiger partial charge >= 0.3 is 13.3 Å². The third-order valence-corrected chi connectivity index (χ3v) is 5.97. The Morgan fingerprint density at radius 3 is 2.30 bits per heavy atom. The number of hydrogen-bond acceptors (Lipinski definition) is 4. The van der Waals surface area contributed by atoms with Gasteiger partial charge in [-0.15, -0.1) is 0 Å². The maximum Gasteiger partial charge on any atom is 0.420 e. The second kappa shape index (κ2) is 9.02. The molecule has 0 heterocycles. The van der Waals surface area contributed by atoms with Crippen LogP contribution in [0, 0.1) is 5.92 Å². The molecule has 1 aromatic rings. The van der Waals surface area contributed by atoms with E-state index >= 15 is 0 Å². The highest BCUT2D eigenvalue weighted by Crippen LogP contribution is 2.38. The van der Waals surface area contributed by atoms with Crippen LogP contribution in [0.15, 0.2) is 18.2 Å². The van der Waals surface area contributed by atoms with E-state index in [0.717, 1.165) is 18.8 Å². The molecule has 0 aromatic heterocycles. The standard InChI is InChI=1S/C18H26O4P/c1-21-15-11-7-12-16(22-2)17(15)18(19)23(20)13-6-5-10-14-8-3-4-9-14/h7,11-12,14H,3-6,8-10,13H2,1-2H3/q+1. The van der Waals surface area contributed by atoms with Gasteiger partial charge in [-0.2, -0.15) is 0 Å². The summed E-state index contributed by atoms with van der Waals surface area (Å²) in [7, 11) is 1.07. The van der Waals surface area contributed by atoms with Crippen LogP contribution in [0.25, 0.3) is 0 Å². The first-order valence-corrected chi connectivity index (χ1v) is 9.81. The molecule has 1 aliphatic carbocycles. The zero-order valence-corrected chi connectivity index (χ0v) is 14.9. The Morgan fingerprint density at radius 1 is 1.13 bits per heavy atom. The first-order valence-electron chi connectivity index (χ1n) is 8.37. The molecule has 1 atom stereocenters. The molecule has 1 unspecified atom stereocenters. The Kier molecular flexibility index (Phi) is 7.04. The van der Waals surface area contributed by atoms with E-state index in [1.54, 1.807) is 18.2 Å². The zero-order chi connectivity index (χ0) is 16.7. The van der Waals surface area contributed by atoms with Crippen molar-refractivity contribution in [2.75, 3.05) is 20.4 Å². The van der Waals surface area contributed by atoms with Gasteiger partial charge in [-0.05, 0) is 30.9 Å². The van der Waals surface area contributed by atoms with E-state index in [9.17, 15) is 9.36 Å². The first kappa shape index (κ1) is 17.9. The number of unbranched alkanes of at least 4 members (excludes halogenated alkanes) is 1. The Bertz CT molecular complexity index is 528. The Labute approximate surface area is 139 Å². The van der Waals surface area contributed by atoms with Crippen molar-refractivity contribution >= 4 is 13.3 Å². The molecule has 0 N–H and O–H groups in total. The number of carbonyl (C=O) groups is 1. The number of carbonyl (C=O) groups excluding carboxylic acids is 1. The van der Waals surface area contributed by atoms with Gasteiger partial charge in [-0.1, -0.05) is 42.7 Å². The summed E-state index contributed by atoms with van der Waals surface area (Å²) in [5.74, 6) is 1.69. The summed E-state index contributed by atoms with van der Waals surface area (Å²) in [6.07, 6.45) is 8.93. The van der Waals surface area contributed by atoms with Gasteiger partial charge in [-0.3, -0.25) is 0 Å². The van der Waals surface area contributed by atoms with E-state index in [2.05, 4.69) is 0 Å². The molecule has 0 amide bonds. The van der Waals surface area contributed by atoms with Crippen molar-refractivity contribution in [3.05, 3.63) is 23.8 Å². The second-order valence-electron chi connectivity index (χ2n) is 6.09. The number of rotatable bonds is 9. The zero-order valence-electron chi connectivity index (χ0n) is 14.0. The van der Waals surface area contributed by atoms with Crippen molar-refractivity contribution in [2.45, 2.75) is 44.9 Å². The summed E-state index contributed by atoms with van der Waals surface area (Å²) in [5.41, 5.74) is -0.0652. The van der Waals surface area contributed by atoms with E-state index in [-0.39, 0.29) is 5.52 Å². The third-order valence-electron chi connectivity index (χ3n) is 4.57. The van der Waals surface area contributed by atoms with Gasteiger partial charge in [0, 0.05) is 0 Å². The van der Waals surface area contributed by atoms with E-state index in [1.807, 2.05) is 0 Å². The predicted octanol–water partition coefficient (Wildman–Crippen LogP) is 5.03. The first-order chi connectivity index (χ1) is 11.2. The fourth-order valence-corrected chi connectivity index (χ4v) is 4.46. The molecule has 0 aliphatic heterocycles. The topological polar surface area (TPSA) is 52.6 Å². The number of benzene rings is 1. The molecule has 1 aliphatic rings. The van der Waals surface area contributed by atoms with E-state index in [1.165, 1.54) is 46.3 Å². The van der Waals surface area contributed by atoms with Gasteiger partial charge < -0.3 is 9.47 Å². The van der Waals surface area contributed by atoms with Crippen molar-refractivity contribution in [1.82, 2.24) is 0 Å². The molecular formula is C18H26O4P+. The molecule has 1 fully saturated rings. The maximum absolute atomic E-state index is 12.5. The SMILES string of the molecule is COc1cccc(OC)c1C(=O)[P+](=O)CCCCC1CCCC1. The summed E-state index contributed by atoms with van der Waals surface area (Å²) in [6, 6.07) is 5.14. The molecular weight excluding hydrogens is 311 g/mol. The summed E-state index contributed by atoms with van der Waals surface area (Å²) in [5, 5.41) is 0. The minimum absolute atomic E-state index is 0.300. The van der Waals surface area contributed by atoms with Crippen LogP contribution >= 0.6 is 7.80 Å². The number of methoxy groups -OCH3 is 2. The van der Waals surface area contributed by atoms with Crippen LogP contribution in [0.1, 0.15) is 55.3 Å². The van der Waals surface area contributed by atoms with Crippen molar-refractivity contribution in [3.8, 4) is 11.5 Å². The Balaban J connectivity index is 1.90. The van der Waals surface area contributed by atoms with E-state index in [4.69, 9.17) is 9.47 Å². The summed E-state index contributed by atoms with van der Waals surface area (Å²) in [6.45, 7) is 0. The van der Waals surface area contributed by atoms with Gasteiger partial charge in [0.2, 0.25) is 0 Å². The highest BCUT2D eigenvalue weighted by atomic mass is 31.1. The normalized spacial score (nSPS) is 15.5. The molecule has 126 valence electrons. The third kappa shape index (κ3) is 4.78. The van der Waals surface area contributed by atoms with Crippen molar-refractivity contribution < 1.29 is 18.8 Å². The van der Waals surface area contributed by atoms with Crippen molar-refractivity contribution in [1.29, 1.82) is 0 Å². The lowest BCUT2D eigenvalue weighted by molar-refractivity contribution is 0.107. The highest BCUT2D eigenvalue weighted by Gasteiger charge is 2.34. The Hall–Kier alpha value is -1.41. The van der Waals surface area contributed by atoms with E-state index in [0.29, 0.717) is 23.2 Å². The van der Waals surface area contributed by atoms with Gasteiger partial charge in [0.15, 0.2) is 11.7 Å². The molecule has 0 spiro atoms. The van der Waals surface area contributed by atoms with Crippen molar-refractivity contribution in [2.24, 2.45) is 5.92 Å². The van der Waals surface area contributed by atoms with Gasteiger partial charge in [0.25, 0.3) is 0 Å². The molecule has 4 nitrogen and oxygen atoms in total. The van der Waals surface area contributed by atoms with Crippen LogP contribution in [0.2, 0.25) is 0 Å². The fourth-order valence-electron chi connectivity index (χ4n) is 3.28. The second-order valence-corrected chi connectivity index (χ2v) is 7.70. The summed E-state index contributed by atoms with van der Waals surface area (Å²) >= 11 is 0. The molecule has 2 rings (SSSR count). The average molecular weight is 337 g/mol. The van der Waals surface area contributed by atoms with E-state index < -0.39 is 7.80 Å². The molecule has 0 radical (unpaired) electrons. The van der Waals surface area contributed by atoms with Crippen LogP contribution in [0.3, 0.4) is 0 Å². The number of ether oxygens (including phenoxy) is 2. The maximum atomic E-state index is 12.5. The van der Waals surface area contributed by atoms with Crippen LogP contribution < -0.4 is 9.47 Å². The average Bonchev–Trinajstić information content (AvgIpc) is 3.10. The molecule has 0 bridgehead atoms. The van der Waals surface area contributed by atoms with Crippen molar-refractivity contribution in [3.63, 3.8) is 0 Å². The Morgan fingerprint density at radius 2 is 1.74 bits per heavy atom. The predicted molar refractivity (Wildman–Crippen MR) is 92.2 cm³/mol. The lowest BCUT2D eigenvalue weighted by atomic mass is 10.0. The molecule has 1 saturated carbocycles. The molecule has 0 saturated heterocycles. The lowest BCUT2D eigenvalue weighted by Crippen LogP contribution is -2.03. The van der Waals surface area contributed by atoms with Crippen LogP contribution in [0.5, 0.6) is 11.5 Å². The lowest BCUT2D eigenvalue weighted by Gasteiger charge is -2.08. The summed E-state index contributed by atoms with van der Waals surface area (Å²) < 4.78 is 22.8. The van der Waals surface area contributed by atoms with Gasteiger partial charge in [0.1, 0.15) is 11.5 Å². The fraction of sp³-hybridized carbons (Fsp3) is 0.611. The van der Waals surface area contributed by atoms with Crippen LogP contribution in [0.4, 0.5) is 0 Å². The van der Waals surface area contributed by atoms with Gasteiger partial charge in [-0.25, -0.2) is 4.79 Å². The largest absolute Gasteiger partial charge is 0.496 e. The minimum atomic E-state index is -1.93. The summed E-state index contributed by atoms with van der Waals surface area (Å²) in [4.78, 5) is 12.5. The minimum Gasteiger partial charge on any atom is -0.496 e. The van der Waals surface area contributed by atoms with Crippen LogP contribution in [-0.4, -0.2) is 25.9 Å². The number of hydrogen-bond donors (Lipinski definition) is 0. The smallest absolute Gasteiger partial charge is 0.420 e. The van der Waals surface area contributed by atoms with Crippen LogP contribution in [-0.2, 0) is 4.57 Å². The molecule has 23 heavy (non-hydrogen) atoms. The highest BCUT2D eigenvalue weighted by molar-refractivity contribution is 7.64. The molecule has 1 aromatic carbocycles. The quantitative estimate of drug-likeness (QED) is 0.468.